The van der Waals surface area contributed by atoms with Gasteiger partial charge < -0.3 is 5.32 Å². The van der Waals surface area contributed by atoms with Gasteiger partial charge in [-0.25, -0.2) is 4.39 Å². The fourth-order valence-electron chi connectivity index (χ4n) is 2.08. The third-order valence-electron chi connectivity index (χ3n) is 3.07. The van der Waals surface area contributed by atoms with Gasteiger partial charge in [0.15, 0.2) is 0 Å². The van der Waals surface area contributed by atoms with Gasteiger partial charge in [0.25, 0.3) is 0 Å². The SMILES string of the molecule is CNC(Cc1cc(F)ccc1Br)c1cc(Br)cc(Br)c1. The summed E-state index contributed by atoms with van der Waals surface area (Å²) in [7, 11) is 1.91. The first-order chi connectivity index (χ1) is 9.49. The second kappa shape index (κ2) is 7.16. The maximum atomic E-state index is 13.4. The molecule has 0 aromatic heterocycles. The van der Waals surface area contributed by atoms with Crippen molar-refractivity contribution >= 4 is 47.8 Å². The minimum absolute atomic E-state index is 0.113. The van der Waals surface area contributed by atoms with Crippen LogP contribution >= 0.6 is 47.8 Å². The van der Waals surface area contributed by atoms with E-state index in [0.29, 0.717) is 6.42 Å². The van der Waals surface area contributed by atoms with E-state index in [4.69, 9.17) is 0 Å². The van der Waals surface area contributed by atoms with E-state index in [9.17, 15) is 4.39 Å². The first-order valence-electron chi connectivity index (χ1n) is 6.07. The summed E-state index contributed by atoms with van der Waals surface area (Å²) >= 11 is 10.5. The van der Waals surface area contributed by atoms with E-state index in [2.05, 4.69) is 65.2 Å². The van der Waals surface area contributed by atoms with Gasteiger partial charge >= 0.3 is 0 Å². The van der Waals surface area contributed by atoms with Gasteiger partial charge in [0.2, 0.25) is 0 Å². The van der Waals surface area contributed by atoms with Crippen LogP contribution in [0.5, 0.6) is 0 Å². The Hall–Kier alpha value is -0.230. The zero-order valence-electron chi connectivity index (χ0n) is 10.8. The van der Waals surface area contributed by atoms with Crippen LogP contribution in [0.3, 0.4) is 0 Å². The molecule has 106 valence electrons. The van der Waals surface area contributed by atoms with E-state index in [1.54, 1.807) is 12.1 Å². The first-order valence-corrected chi connectivity index (χ1v) is 8.44. The van der Waals surface area contributed by atoms with Crippen molar-refractivity contribution in [2.45, 2.75) is 12.5 Å². The molecule has 0 heterocycles. The number of nitrogens with one attached hydrogen (secondary N) is 1. The first kappa shape index (κ1) is 16.1. The topological polar surface area (TPSA) is 12.0 Å². The van der Waals surface area contributed by atoms with Crippen LogP contribution in [0, 0.1) is 5.82 Å². The summed E-state index contributed by atoms with van der Waals surface area (Å²) in [5.41, 5.74) is 2.09. The molecule has 5 heteroatoms. The molecule has 2 aromatic carbocycles. The molecule has 0 radical (unpaired) electrons. The molecule has 0 fully saturated rings. The van der Waals surface area contributed by atoms with E-state index < -0.39 is 0 Å². The molecule has 0 spiro atoms. The van der Waals surface area contributed by atoms with Gasteiger partial charge in [-0.1, -0.05) is 47.8 Å². The summed E-state index contributed by atoms with van der Waals surface area (Å²) in [4.78, 5) is 0. The van der Waals surface area contributed by atoms with Crippen LogP contribution in [-0.4, -0.2) is 7.05 Å². The molecule has 0 bridgehead atoms. The van der Waals surface area contributed by atoms with Crippen LogP contribution in [-0.2, 0) is 6.42 Å². The van der Waals surface area contributed by atoms with Gasteiger partial charge in [-0.05, 0) is 61.0 Å². The number of likely N-dealkylation sites (N-methyl/N-ethyl adjacent to an activating group) is 1. The highest BCUT2D eigenvalue weighted by atomic mass is 79.9. The van der Waals surface area contributed by atoms with Crippen molar-refractivity contribution in [3.63, 3.8) is 0 Å². The molecule has 0 amide bonds. The highest BCUT2D eigenvalue weighted by Crippen LogP contribution is 2.28. The van der Waals surface area contributed by atoms with Crippen LogP contribution in [0.4, 0.5) is 4.39 Å². The summed E-state index contributed by atoms with van der Waals surface area (Å²) in [6, 6.07) is 11.0. The molecule has 2 rings (SSSR count). The molecule has 0 aliphatic carbocycles. The zero-order valence-corrected chi connectivity index (χ0v) is 15.5. The Morgan fingerprint density at radius 1 is 1.05 bits per heavy atom. The van der Waals surface area contributed by atoms with Crippen molar-refractivity contribution in [3.8, 4) is 0 Å². The van der Waals surface area contributed by atoms with Gasteiger partial charge in [0, 0.05) is 19.5 Å². The fourth-order valence-corrected chi connectivity index (χ4v) is 3.82. The standard InChI is InChI=1S/C15H13Br3FN/c1-20-15(10-4-11(16)8-12(17)5-10)7-9-6-13(19)2-3-14(9)18/h2-6,8,15,20H,7H2,1H3. The van der Waals surface area contributed by atoms with Gasteiger partial charge in [0.1, 0.15) is 5.82 Å². The van der Waals surface area contributed by atoms with E-state index in [0.717, 1.165) is 24.5 Å². The van der Waals surface area contributed by atoms with Crippen molar-refractivity contribution in [1.82, 2.24) is 5.32 Å². The highest BCUT2D eigenvalue weighted by molar-refractivity contribution is 9.11. The quantitative estimate of drug-likeness (QED) is 0.618. The Morgan fingerprint density at radius 2 is 1.70 bits per heavy atom. The predicted molar refractivity (Wildman–Crippen MR) is 91.4 cm³/mol. The van der Waals surface area contributed by atoms with Gasteiger partial charge in [-0.3, -0.25) is 0 Å². The third-order valence-corrected chi connectivity index (χ3v) is 4.76. The normalized spacial score (nSPS) is 12.4. The van der Waals surface area contributed by atoms with Crippen molar-refractivity contribution in [3.05, 3.63) is 66.8 Å². The molecule has 1 N–H and O–H groups in total. The van der Waals surface area contributed by atoms with Gasteiger partial charge in [0.05, 0.1) is 0 Å². The van der Waals surface area contributed by atoms with Crippen molar-refractivity contribution in [1.29, 1.82) is 0 Å². The van der Waals surface area contributed by atoms with Crippen LogP contribution < -0.4 is 5.32 Å². The molecule has 0 aliphatic rings. The lowest BCUT2D eigenvalue weighted by Crippen LogP contribution is -2.19. The summed E-state index contributed by atoms with van der Waals surface area (Å²) in [6.07, 6.45) is 0.706. The van der Waals surface area contributed by atoms with E-state index in [1.165, 1.54) is 6.07 Å². The van der Waals surface area contributed by atoms with Crippen LogP contribution in [0.25, 0.3) is 0 Å². The van der Waals surface area contributed by atoms with Crippen LogP contribution in [0.15, 0.2) is 49.8 Å². The number of benzene rings is 2. The van der Waals surface area contributed by atoms with Crippen molar-refractivity contribution in [2.75, 3.05) is 7.05 Å². The highest BCUT2D eigenvalue weighted by Gasteiger charge is 2.14. The molecule has 0 saturated carbocycles. The third kappa shape index (κ3) is 4.13. The minimum atomic E-state index is -0.214. The largest absolute Gasteiger partial charge is 0.313 e. The van der Waals surface area contributed by atoms with Gasteiger partial charge in [-0.15, -0.1) is 0 Å². The van der Waals surface area contributed by atoms with E-state index in [-0.39, 0.29) is 11.9 Å². The summed E-state index contributed by atoms with van der Waals surface area (Å²) < 4.78 is 16.3. The molecule has 2 aromatic rings. The van der Waals surface area contributed by atoms with Crippen LogP contribution in [0.2, 0.25) is 0 Å². The number of hydrogen-bond acceptors (Lipinski definition) is 1. The second-order valence-electron chi connectivity index (χ2n) is 4.48. The molecular weight excluding hydrogens is 453 g/mol. The van der Waals surface area contributed by atoms with Crippen molar-refractivity contribution in [2.24, 2.45) is 0 Å². The van der Waals surface area contributed by atoms with E-state index in [1.807, 2.05) is 13.1 Å². The summed E-state index contributed by atoms with van der Waals surface area (Å²) in [5.74, 6) is -0.214. The zero-order chi connectivity index (χ0) is 14.7. The van der Waals surface area contributed by atoms with Crippen molar-refractivity contribution < 1.29 is 4.39 Å². The van der Waals surface area contributed by atoms with Gasteiger partial charge in [-0.2, -0.15) is 0 Å². The summed E-state index contributed by atoms with van der Waals surface area (Å²) in [6.45, 7) is 0. The fraction of sp³-hybridized carbons (Fsp3) is 0.200. The molecule has 1 atom stereocenters. The summed E-state index contributed by atoms with van der Waals surface area (Å²) in [5, 5.41) is 3.28. The Bertz CT molecular complexity index is 596. The molecule has 0 aliphatic heterocycles. The molecule has 1 unspecified atom stereocenters. The lowest BCUT2D eigenvalue weighted by molar-refractivity contribution is 0.582. The number of hydrogen-bond donors (Lipinski definition) is 1. The maximum absolute atomic E-state index is 13.4. The minimum Gasteiger partial charge on any atom is -0.313 e. The Labute approximate surface area is 143 Å². The monoisotopic (exact) mass is 463 g/mol. The molecule has 1 nitrogen and oxygen atoms in total. The number of halogens is 4. The Kier molecular flexibility index (Phi) is 5.78. The Morgan fingerprint density at radius 3 is 2.30 bits per heavy atom. The van der Waals surface area contributed by atoms with E-state index >= 15 is 0 Å². The Balaban J connectivity index is 2.30. The predicted octanol–water partition coefficient (Wildman–Crippen LogP) is 5.62. The maximum Gasteiger partial charge on any atom is 0.123 e. The number of rotatable bonds is 4. The second-order valence-corrected chi connectivity index (χ2v) is 7.17. The van der Waals surface area contributed by atoms with Crippen LogP contribution in [0.1, 0.15) is 17.2 Å². The molecule has 0 saturated heterocycles. The smallest absolute Gasteiger partial charge is 0.123 e. The molecular formula is C15H13Br3FN. The lowest BCUT2D eigenvalue weighted by Gasteiger charge is -2.18. The lowest BCUT2D eigenvalue weighted by atomic mass is 9.99. The average Bonchev–Trinajstić information content (AvgIpc) is 2.38. The average molecular weight is 466 g/mol. The molecule has 20 heavy (non-hydrogen) atoms.